The van der Waals surface area contributed by atoms with Crippen molar-refractivity contribution in [3.63, 3.8) is 0 Å². The van der Waals surface area contributed by atoms with Crippen molar-refractivity contribution in [2.24, 2.45) is 0 Å². The molecular formula is C16H26N4O3. The molecule has 2 aliphatic rings. The largest absolute Gasteiger partial charge is 0.378 e. The first-order chi connectivity index (χ1) is 11.3. The van der Waals surface area contributed by atoms with Crippen LogP contribution >= 0.6 is 0 Å². The second kappa shape index (κ2) is 7.90. The van der Waals surface area contributed by atoms with Gasteiger partial charge < -0.3 is 24.0 Å². The van der Waals surface area contributed by atoms with E-state index in [2.05, 4.69) is 27.8 Å². The van der Waals surface area contributed by atoms with Crippen LogP contribution in [0.2, 0.25) is 0 Å². The van der Waals surface area contributed by atoms with E-state index in [0.29, 0.717) is 19.8 Å². The lowest BCUT2D eigenvalue weighted by molar-refractivity contribution is -0.0837. The summed E-state index contributed by atoms with van der Waals surface area (Å²) in [6.45, 7) is 8.04. The third-order valence-corrected chi connectivity index (χ3v) is 4.16. The van der Waals surface area contributed by atoms with Crippen LogP contribution in [0.5, 0.6) is 0 Å². The zero-order valence-corrected chi connectivity index (χ0v) is 14.0. The summed E-state index contributed by atoms with van der Waals surface area (Å²) in [4.78, 5) is 13.8. The van der Waals surface area contributed by atoms with Gasteiger partial charge in [-0.15, -0.1) is 0 Å². The van der Waals surface area contributed by atoms with Gasteiger partial charge in [0, 0.05) is 38.4 Å². The van der Waals surface area contributed by atoms with E-state index >= 15 is 0 Å². The molecule has 1 atom stereocenters. The summed E-state index contributed by atoms with van der Waals surface area (Å²) in [5, 5.41) is 0. The van der Waals surface area contributed by atoms with Crippen molar-refractivity contribution in [3.8, 4) is 0 Å². The molecule has 2 aliphatic heterocycles. The summed E-state index contributed by atoms with van der Waals surface area (Å²) >= 11 is 0. The number of anilines is 2. The molecule has 3 heterocycles. The van der Waals surface area contributed by atoms with Crippen LogP contribution in [0.1, 0.15) is 12.6 Å². The molecule has 1 aromatic heterocycles. The average Bonchev–Trinajstić information content (AvgIpc) is 2.63. The number of morpholine rings is 1. The number of hydrogen-bond donors (Lipinski definition) is 0. The van der Waals surface area contributed by atoms with Crippen LogP contribution < -0.4 is 9.80 Å². The zero-order valence-electron chi connectivity index (χ0n) is 14.0. The number of nitrogens with zero attached hydrogens (tertiary/aromatic N) is 4. The van der Waals surface area contributed by atoms with Crippen molar-refractivity contribution in [1.29, 1.82) is 0 Å². The molecule has 0 saturated carbocycles. The number of likely N-dealkylation sites (N-methyl/N-ethyl adjacent to an activating group) is 1. The number of aryl methyl sites for hydroxylation is 1. The molecule has 23 heavy (non-hydrogen) atoms. The highest BCUT2D eigenvalue weighted by Gasteiger charge is 2.20. The van der Waals surface area contributed by atoms with Crippen LogP contribution in [0, 0.1) is 0 Å². The van der Waals surface area contributed by atoms with Crippen LogP contribution in [0.3, 0.4) is 0 Å². The lowest BCUT2D eigenvalue weighted by atomic mass is 10.3. The fraction of sp³-hybridized carbons (Fsp3) is 0.750. The Morgan fingerprint density at radius 1 is 1.17 bits per heavy atom. The maximum absolute atomic E-state index is 5.74. The van der Waals surface area contributed by atoms with Gasteiger partial charge in [-0.3, -0.25) is 0 Å². The Morgan fingerprint density at radius 3 is 2.70 bits per heavy atom. The van der Waals surface area contributed by atoms with E-state index in [-0.39, 0.29) is 6.10 Å². The van der Waals surface area contributed by atoms with Crippen molar-refractivity contribution in [2.45, 2.75) is 19.4 Å². The summed E-state index contributed by atoms with van der Waals surface area (Å²) < 4.78 is 16.6. The molecule has 0 radical (unpaired) electrons. The fourth-order valence-corrected chi connectivity index (χ4v) is 2.79. The van der Waals surface area contributed by atoms with Crippen LogP contribution in [0.25, 0.3) is 0 Å². The molecule has 7 nitrogen and oxygen atoms in total. The van der Waals surface area contributed by atoms with Gasteiger partial charge in [0.15, 0.2) is 0 Å². The lowest BCUT2D eigenvalue weighted by Crippen LogP contribution is -2.40. The number of ether oxygens (including phenoxy) is 3. The average molecular weight is 322 g/mol. The lowest BCUT2D eigenvalue weighted by Gasteiger charge is -2.30. The first-order valence-electron chi connectivity index (χ1n) is 8.37. The van der Waals surface area contributed by atoms with E-state index in [1.807, 2.05) is 7.05 Å². The Balaban J connectivity index is 1.74. The zero-order chi connectivity index (χ0) is 16.1. The predicted octanol–water partition coefficient (Wildman–Crippen LogP) is 0.727. The summed E-state index contributed by atoms with van der Waals surface area (Å²) in [6, 6.07) is 2.06. The normalized spacial score (nSPS) is 22.2. The highest BCUT2D eigenvalue weighted by molar-refractivity contribution is 5.46. The molecule has 0 amide bonds. The van der Waals surface area contributed by atoms with Crippen molar-refractivity contribution in [3.05, 3.63) is 11.8 Å². The predicted molar refractivity (Wildman–Crippen MR) is 88.3 cm³/mol. The highest BCUT2D eigenvalue weighted by atomic mass is 16.6. The Morgan fingerprint density at radius 2 is 2.00 bits per heavy atom. The fourth-order valence-electron chi connectivity index (χ4n) is 2.79. The number of hydrogen-bond acceptors (Lipinski definition) is 7. The molecule has 2 fully saturated rings. The van der Waals surface area contributed by atoms with E-state index in [4.69, 9.17) is 19.2 Å². The van der Waals surface area contributed by atoms with Gasteiger partial charge in [0.05, 0.1) is 39.1 Å². The third kappa shape index (κ3) is 4.31. The summed E-state index contributed by atoms with van der Waals surface area (Å²) in [5.74, 6) is 1.74. The molecule has 0 bridgehead atoms. The summed E-state index contributed by atoms with van der Waals surface area (Å²) in [5.41, 5.74) is 1.06. The van der Waals surface area contributed by atoms with Gasteiger partial charge in [-0.25, -0.2) is 4.98 Å². The van der Waals surface area contributed by atoms with E-state index < -0.39 is 0 Å². The van der Waals surface area contributed by atoms with E-state index in [9.17, 15) is 0 Å². The molecule has 0 unspecified atom stereocenters. The summed E-state index contributed by atoms with van der Waals surface area (Å²) in [6.07, 6.45) is 0.990. The van der Waals surface area contributed by atoms with Crippen LogP contribution in [-0.2, 0) is 20.6 Å². The molecule has 0 spiro atoms. The molecule has 128 valence electrons. The smallest absolute Gasteiger partial charge is 0.227 e. The van der Waals surface area contributed by atoms with Crippen LogP contribution in [0.4, 0.5) is 11.8 Å². The minimum Gasteiger partial charge on any atom is -0.378 e. The van der Waals surface area contributed by atoms with Gasteiger partial charge in [-0.05, 0) is 6.42 Å². The van der Waals surface area contributed by atoms with E-state index in [0.717, 1.165) is 56.7 Å². The molecule has 0 N–H and O–H groups in total. The Bertz CT molecular complexity index is 502. The quantitative estimate of drug-likeness (QED) is 0.792. The minimum absolute atomic E-state index is 0.0978. The minimum atomic E-state index is 0.0978. The van der Waals surface area contributed by atoms with Gasteiger partial charge in [0.1, 0.15) is 5.82 Å². The first kappa shape index (κ1) is 16.4. The molecule has 7 heteroatoms. The maximum Gasteiger partial charge on any atom is 0.227 e. The second-order valence-corrected chi connectivity index (χ2v) is 5.92. The molecule has 3 rings (SSSR count). The third-order valence-electron chi connectivity index (χ3n) is 4.16. The Kier molecular flexibility index (Phi) is 5.64. The van der Waals surface area contributed by atoms with E-state index in [1.165, 1.54) is 0 Å². The number of rotatable bonds is 5. The first-order valence-corrected chi connectivity index (χ1v) is 8.37. The second-order valence-electron chi connectivity index (χ2n) is 5.92. The molecule has 0 aliphatic carbocycles. The standard InChI is InChI=1S/C16H26N4O3/c1-3-13-10-15(19(2)11-14-12-22-8-9-23-14)18-16(17-13)20-4-6-21-7-5-20/h10,14H,3-9,11-12H2,1-2H3/t14-/m1/s1. The molecular weight excluding hydrogens is 296 g/mol. The number of aromatic nitrogens is 2. The van der Waals surface area contributed by atoms with Crippen LogP contribution in [0.15, 0.2) is 6.07 Å². The van der Waals surface area contributed by atoms with Gasteiger partial charge in [0.2, 0.25) is 5.95 Å². The van der Waals surface area contributed by atoms with Gasteiger partial charge >= 0.3 is 0 Å². The highest BCUT2D eigenvalue weighted by Crippen LogP contribution is 2.19. The van der Waals surface area contributed by atoms with Crippen molar-refractivity contribution in [1.82, 2.24) is 9.97 Å². The SMILES string of the molecule is CCc1cc(N(C)C[C@@H]2COCCO2)nc(N2CCOCC2)n1. The van der Waals surface area contributed by atoms with Crippen LogP contribution in [-0.4, -0.2) is 75.8 Å². The Labute approximate surface area is 137 Å². The molecule has 1 aromatic rings. The monoisotopic (exact) mass is 322 g/mol. The van der Waals surface area contributed by atoms with Gasteiger partial charge in [-0.2, -0.15) is 4.98 Å². The van der Waals surface area contributed by atoms with Gasteiger partial charge in [0.25, 0.3) is 0 Å². The van der Waals surface area contributed by atoms with Crippen molar-refractivity contribution >= 4 is 11.8 Å². The van der Waals surface area contributed by atoms with Gasteiger partial charge in [-0.1, -0.05) is 6.92 Å². The van der Waals surface area contributed by atoms with Crippen molar-refractivity contribution in [2.75, 3.05) is 69.5 Å². The molecule has 2 saturated heterocycles. The molecule has 0 aromatic carbocycles. The topological polar surface area (TPSA) is 60.0 Å². The maximum atomic E-state index is 5.74. The van der Waals surface area contributed by atoms with E-state index in [1.54, 1.807) is 0 Å². The van der Waals surface area contributed by atoms with Crippen molar-refractivity contribution < 1.29 is 14.2 Å². The Hall–Kier alpha value is -1.44. The summed E-state index contributed by atoms with van der Waals surface area (Å²) in [7, 11) is 2.04.